The number of esters is 1. The Kier molecular flexibility index (Phi) is 5.18. The van der Waals surface area contributed by atoms with Crippen molar-refractivity contribution in [3.05, 3.63) is 23.3 Å². The third-order valence-corrected chi connectivity index (χ3v) is 2.82. The number of methoxy groups -OCH3 is 1. The maximum atomic E-state index is 12.5. The van der Waals surface area contributed by atoms with Gasteiger partial charge in [-0.05, 0) is 23.9 Å². The smallest absolute Gasteiger partial charge is 0.465 e. The van der Waals surface area contributed by atoms with Gasteiger partial charge in [-0.25, -0.2) is 4.79 Å². The van der Waals surface area contributed by atoms with E-state index in [0.717, 1.165) is 7.11 Å². The van der Waals surface area contributed by atoms with Gasteiger partial charge >= 0.3 is 17.8 Å². The Morgan fingerprint density at radius 2 is 1.82 bits per heavy atom. The summed E-state index contributed by atoms with van der Waals surface area (Å²) in [5.74, 6) is -2.34. The fourth-order valence-corrected chi connectivity index (χ4v) is 2.11. The number of carbonyl (C=O) groups excluding carboxylic acids is 1. The van der Waals surface area contributed by atoms with Crippen molar-refractivity contribution in [3.8, 4) is 11.8 Å². The molecular formula is C11H5F6NO3S. The lowest BCUT2D eigenvalue weighted by Gasteiger charge is -2.14. The molecule has 0 unspecified atom stereocenters. The average Bonchev–Trinajstić information content (AvgIpc) is 2.33. The number of ether oxygens (including phenoxy) is 2. The summed E-state index contributed by atoms with van der Waals surface area (Å²) in [6, 6.07) is 2.19. The Morgan fingerprint density at radius 1 is 1.23 bits per heavy atom. The minimum absolute atomic E-state index is 0.360. The van der Waals surface area contributed by atoms with Gasteiger partial charge in [-0.3, -0.25) is 0 Å². The van der Waals surface area contributed by atoms with Crippen LogP contribution in [-0.4, -0.2) is 24.9 Å². The van der Waals surface area contributed by atoms with Crippen molar-refractivity contribution in [2.24, 2.45) is 0 Å². The van der Waals surface area contributed by atoms with Crippen LogP contribution in [0.2, 0.25) is 0 Å². The Hall–Kier alpha value is -2.09. The quantitative estimate of drug-likeness (QED) is 0.473. The highest BCUT2D eigenvalue weighted by Crippen LogP contribution is 2.42. The molecule has 0 spiro atoms. The molecule has 0 aromatic heterocycles. The molecule has 0 aliphatic heterocycles. The number of nitriles is 1. The van der Waals surface area contributed by atoms with Gasteiger partial charge in [-0.2, -0.15) is 18.4 Å². The predicted molar refractivity (Wildman–Crippen MR) is 61.1 cm³/mol. The lowest BCUT2D eigenvalue weighted by atomic mass is 10.1. The third-order valence-electron chi connectivity index (χ3n) is 2.04. The van der Waals surface area contributed by atoms with Crippen LogP contribution in [0.25, 0.3) is 0 Å². The molecule has 11 heteroatoms. The van der Waals surface area contributed by atoms with E-state index in [0.29, 0.717) is 12.1 Å². The highest BCUT2D eigenvalue weighted by atomic mass is 32.2. The molecule has 0 heterocycles. The van der Waals surface area contributed by atoms with E-state index in [9.17, 15) is 31.1 Å². The van der Waals surface area contributed by atoms with Crippen molar-refractivity contribution in [2.75, 3.05) is 7.11 Å². The number of rotatable bonds is 3. The summed E-state index contributed by atoms with van der Waals surface area (Å²) in [6.45, 7) is 0. The average molecular weight is 345 g/mol. The summed E-state index contributed by atoms with van der Waals surface area (Å²) < 4.78 is 81.5. The zero-order valence-electron chi connectivity index (χ0n) is 10.5. The molecule has 0 saturated heterocycles. The largest absolute Gasteiger partial charge is 0.573 e. The number of hydrogen-bond acceptors (Lipinski definition) is 5. The number of benzene rings is 1. The number of hydrogen-bond donors (Lipinski definition) is 0. The molecule has 0 bridgehead atoms. The minimum Gasteiger partial charge on any atom is -0.465 e. The second kappa shape index (κ2) is 6.35. The number of thioether (sulfide) groups is 1. The molecule has 22 heavy (non-hydrogen) atoms. The summed E-state index contributed by atoms with van der Waals surface area (Å²) in [5, 5.41) is 8.82. The highest BCUT2D eigenvalue weighted by molar-refractivity contribution is 8.00. The predicted octanol–water partition coefficient (Wildman–Crippen LogP) is 3.86. The number of halogens is 6. The molecular weight excluding hydrogens is 340 g/mol. The van der Waals surface area contributed by atoms with E-state index in [1.807, 2.05) is 0 Å². The summed E-state index contributed by atoms with van der Waals surface area (Å²) in [5.41, 5.74) is -6.42. The minimum atomic E-state index is -5.17. The lowest BCUT2D eigenvalue weighted by Crippen LogP contribution is -2.18. The van der Waals surface area contributed by atoms with Gasteiger partial charge in [-0.15, -0.1) is 13.2 Å². The van der Waals surface area contributed by atoms with Gasteiger partial charge in [0, 0.05) is 4.90 Å². The van der Waals surface area contributed by atoms with Crippen LogP contribution in [0.5, 0.6) is 5.75 Å². The molecule has 0 amide bonds. The number of nitrogens with zero attached hydrogens (tertiary/aromatic N) is 1. The molecule has 0 saturated carbocycles. The van der Waals surface area contributed by atoms with Gasteiger partial charge in [0.15, 0.2) is 0 Å². The molecule has 0 N–H and O–H groups in total. The molecule has 0 atom stereocenters. The molecule has 120 valence electrons. The first-order valence-corrected chi connectivity index (χ1v) is 5.96. The first kappa shape index (κ1) is 18.0. The molecule has 4 nitrogen and oxygen atoms in total. The molecule has 1 rings (SSSR count). The fraction of sp³-hybridized carbons (Fsp3) is 0.273. The molecule has 0 aliphatic rings. The van der Waals surface area contributed by atoms with Crippen molar-refractivity contribution in [2.45, 2.75) is 16.8 Å². The monoisotopic (exact) mass is 345 g/mol. The van der Waals surface area contributed by atoms with E-state index < -0.39 is 51.4 Å². The van der Waals surface area contributed by atoms with Crippen molar-refractivity contribution in [1.29, 1.82) is 5.26 Å². The second-order valence-electron chi connectivity index (χ2n) is 3.54. The summed E-state index contributed by atoms with van der Waals surface area (Å²) in [7, 11) is 0.853. The highest BCUT2D eigenvalue weighted by Gasteiger charge is 2.35. The van der Waals surface area contributed by atoms with Gasteiger partial charge in [-0.1, -0.05) is 0 Å². The van der Waals surface area contributed by atoms with Gasteiger partial charge in [0.2, 0.25) is 0 Å². The topological polar surface area (TPSA) is 59.3 Å². The number of carbonyl (C=O) groups is 1. The zero-order chi connectivity index (χ0) is 17.1. The summed E-state index contributed by atoms with van der Waals surface area (Å²) in [4.78, 5) is 10.5. The van der Waals surface area contributed by atoms with Crippen molar-refractivity contribution < 1.29 is 40.6 Å². The van der Waals surface area contributed by atoms with Crippen LogP contribution >= 0.6 is 11.8 Å². The SMILES string of the molecule is COC(=O)c1c(C#N)cc(OC(F)(F)F)cc1SC(F)(F)F. The zero-order valence-corrected chi connectivity index (χ0v) is 11.3. The van der Waals surface area contributed by atoms with E-state index in [4.69, 9.17) is 5.26 Å². The first-order chi connectivity index (χ1) is 9.96. The summed E-state index contributed by atoms with van der Waals surface area (Å²) in [6.07, 6.45) is -5.17. The normalized spacial score (nSPS) is 11.7. The van der Waals surface area contributed by atoms with E-state index in [-0.39, 0.29) is 0 Å². The standard InChI is InChI=1S/C11H5F6NO3S/c1-20-9(19)8-5(4-18)2-6(21-10(12,13)14)3-7(8)22-11(15,16)17/h2-3H,1H3. The van der Waals surface area contributed by atoms with Crippen LogP contribution in [0.15, 0.2) is 17.0 Å². The van der Waals surface area contributed by atoms with E-state index in [1.54, 1.807) is 0 Å². The molecule has 0 radical (unpaired) electrons. The number of alkyl halides is 6. The second-order valence-corrected chi connectivity index (χ2v) is 4.65. The van der Waals surface area contributed by atoms with Crippen LogP contribution in [0.4, 0.5) is 26.3 Å². The van der Waals surface area contributed by atoms with E-state index >= 15 is 0 Å². The maximum absolute atomic E-state index is 12.5. The van der Waals surface area contributed by atoms with Crippen molar-refractivity contribution in [3.63, 3.8) is 0 Å². The molecule has 1 aromatic carbocycles. The lowest BCUT2D eigenvalue weighted by molar-refractivity contribution is -0.274. The van der Waals surface area contributed by atoms with Crippen LogP contribution < -0.4 is 4.74 Å². The maximum Gasteiger partial charge on any atom is 0.573 e. The Morgan fingerprint density at radius 3 is 2.23 bits per heavy atom. The Labute approximate surface area is 123 Å². The molecule has 1 aromatic rings. The Bertz CT molecular complexity index is 620. The van der Waals surface area contributed by atoms with E-state index in [2.05, 4.69) is 9.47 Å². The molecule has 0 fully saturated rings. The van der Waals surface area contributed by atoms with Crippen LogP contribution in [0.3, 0.4) is 0 Å². The summed E-state index contributed by atoms with van der Waals surface area (Å²) >= 11 is -0.859. The van der Waals surface area contributed by atoms with Crippen LogP contribution in [-0.2, 0) is 4.74 Å². The van der Waals surface area contributed by atoms with Crippen molar-refractivity contribution >= 4 is 17.7 Å². The van der Waals surface area contributed by atoms with Gasteiger partial charge in [0.1, 0.15) is 11.8 Å². The fourth-order valence-electron chi connectivity index (χ4n) is 1.39. The van der Waals surface area contributed by atoms with Gasteiger partial charge in [0.05, 0.1) is 18.2 Å². The molecule has 0 aliphatic carbocycles. The first-order valence-electron chi connectivity index (χ1n) is 5.15. The Balaban J connectivity index is 3.49. The third kappa shape index (κ3) is 5.03. The van der Waals surface area contributed by atoms with Gasteiger partial charge in [0.25, 0.3) is 0 Å². The van der Waals surface area contributed by atoms with E-state index in [1.165, 1.54) is 6.07 Å². The van der Waals surface area contributed by atoms with Crippen molar-refractivity contribution in [1.82, 2.24) is 0 Å². The van der Waals surface area contributed by atoms with Crippen LogP contribution in [0.1, 0.15) is 15.9 Å². The van der Waals surface area contributed by atoms with Gasteiger partial charge < -0.3 is 9.47 Å². The van der Waals surface area contributed by atoms with Crippen LogP contribution in [0, 0.1) is 11.3 Å².